The molecule has 2 rings (SSSR count). The van der Waals surface area contributed by atoms with Crippen molar-refractivity contribution in [3.05, 3.63) is 30.1 Å². The molecule has 1 aliphatic carbocycles. The molecule has 1 aromatic rings. The molecule has 0 aromatic carbocycles. The average Bonchev–Trinajstić information content (AvgIpc) is 2.49. The summed E-state index contributed by atoms with van der Waals surface area (Å²) >= 11 is 0. The van der Waals surface area contributed by atoms with Crippen LogP contribution in [0.4, 0.5) is 0 Å². The summed E-state index contributed by atoms with van der Waals surface area (Å²) in [6.07, 6.45) is 6.54. The van der Waals surface area contributed by atoms with E-state index in [1.165, 1.54) is 0 Å². The zero-order valence-electron chi connectivity index (χ0n) is 12.2. The van der Waals surface area contributed by atoms with Crippen molar-refractivity contribution < 1.29 is 14.7 Å². The summed E-state index contributed by atoms with van der Waals surface area (Å²) in [5.74, 6) is -1.00. The van der Waals surface area contributed by atoms with Crippen molar-refractivity contribution in [2.45, 2.75) is 44.9 Å². The summed E-state index contributed by atoms with van der Waals surface area (Å²) in [4.78, 5) is 27.7. The topological polar surface area (TPSA) is 79.3 Å². The van der Waals surface area contributed by atoms with Crippen LogP contribution in [0.1, 0.15) is 44.2 Å². The van der Waals surface area contributed by atoms with Crippen molar-refractivity contribution >= 4 is 11.9 Å². The Morgan fingerprint density at radius 2 is 2.00 bits per heavy atom. The van der Waals surface area contributed by atoms with E-state index in [2.05, 4.69) is 10.3 Å². The number of hydrogen-bond acceptors (Lipinski definition) is 3. The predicted molar refractivity (Wildman–Crippen MR) is 78.7 cm³/mol. The lowest BCUT2D eigenvalue weighted by atomic mass is 9.71. The molecule has 2 N–H and O–H groups in total. The van der Waals surface area contributed by atoms with Crippen molar-refractivity contribution in [1.29, 1.82) is 0 Å². The Labute approximate surface area is 124 Å². The lowest BCUT2D eigenvalue weighted by Crippen LogP contribution is -2.39. The minimum absolute atomic E-state index is 0.0878. The smallest absolute Gasteiger partial charge is 0.310 e. The number of aromatic nitrogens is 1. The van der Waals surface area contributed by atoms with Gasteiger partial charge in [0.2, 0.25) is 5.91 Å². The SMILES string of the molecule is O=C(CC1(C(=O)O)CCCCC1)NCCc1ccccn1. The number of carbonyl (C=O) groups is 2. The molecule has 0 atom stereocenters. The lowest BCUT2D eigenvalue weighted by Gasteiger charge is -2.32. The lowest BCUT2D eigenvalue weighted by molar-refractivity contribution is -0.154. The highest BCUT2D eigenvalue weighted by molar-refractivity contribution is 5.85. The largest absolute Gasteiger partial charge is 0.481 e. The number of aliphatic carboxylic acids is 1. The van der Waals surface area contributed by atoms with Crippen molar-refractivity contribution in [3.8, 4) is 0 Å². The summed E-state index contributed by atoms with van der Waals surface area (Å²) < 4.78 is 0. The van der Waals surface area contributed by atoms with Crippen molar-refractivity contribution in [2.75, 3.05) is 6.54 Å². The molecule has 1 aliphatic rings. The van der Waals surface area contributed by atoms with Gasteiger partial charge in [-0.3, -0.25) is 14.6 Å². The Morgan fingerprint density at radius 1 is 1.24 bits per heavy atom. The van der Waals surface area contributed by atoms with Crippen LogP contribution in [0.15, 0.2) is 24.4 Å². The number of nitrogens with zero attached hydrogens (tertiary/aromatic N) is 1. The van der Waals surface area contributed by atoms with Crippen molar-refractivity contribution in [2.24, 2.45) is 5.41 Å². The van der Waals surface area contributed by atoms with Crippen LogP contribution in [-0.4, -0.2) is 28.5 Å². The second kappa shape index (κ2) is 7.20. The van der Waals surface area contributed by atoms with Gasteiger partial charge in [0.05, 0.1) is 5.41 Å². The molecule has 0 radical (unpaired) electrons. The van der Waals surface area contributed by atoms with Gasteiger partial charge in [0.25, 0.3) is 0 Å². The number of rotatable bonds is 6. The fourth-order valence-corrected chi connectivity index (χ4v) is 2.94. The van der Waals surface area contributed by atoms with Gasteiger partial charge in [0.1, 0.15) is 0 Å². The minimum atomic E-state index is -0.854. The van der Waals surface area contributed by atoms with E-state index in [1.807, 2.05) is 18.2 Å². The van der Waals surface area contributed by atoms with Crippen LogP contribution < -0.4 is 5.32 Å². The molecular weight excluding hydrogens is 268 g/mol. The summed E-state index contributed by atoms with van der Waals surface area (Å²) in [7, 11) is 0. The molecule has 0 spiro atoms. The van der Waals surface area contributed by atoms with Gasteiger partial charge >= 0.3 is 5.97 Å². The molecule has 0 saturated heterocycles. The van der Waals surface area contributed by atoms with Gasteiger partial charge in [-0.2, -0.15) is 0 Å². The molecule has 114 valence electrons. The second-order valence-corrected chi connectivity index (χ2v) is 5.74. The van der Waals surface area contributed by atoms with Crippen LogP contribution in [0.25, 0.3) is 0 Å². The van der Waals surface area contributed by atoms with Crippen LogP contribution in [0, 0.1) is 5.41 Å². The molecule has 1 aromatic heterocycles. The van der Waals surface area contributed by atoms with E-state index < -0.39 is 11.4 Å². The monoisotopic (exact) mass is 290 g/mol. The molecule has 1 fully saturated rings. The first-order valence-electron chi connectivity index (χ1n) is 7.52. The van der Waals surface area contributed by atoms with E-state index in [-0.39, 0.29) is 12.3 Å². The van der Waals surface area contributed by atoms with E-state index in [0.29, 0.717) is 25.8 Å². The van der Waals surface area contributed by atoms with Crippen LogP contribution >= 0.6 is 0 Å². The van der Waals surface area contributed by atoms with Gasteiger partial charge in [0.15, 0.2) is 0 Å². The fourth-order valence-electron chi connectivity index (χ4n) is 2.94. The molecule has 0 bridgehead atoms. The van der Waals surface area contributed by atoms with Gasteiger partial charge < -0.3 is 10.4 Å². The fraction of sp³-hybridized carbons (Fsp3) is 0.562. The van der Waals surface area contributed by atoms with Gasteiger partial charge in [-0.25, -0.2) is 0 Å². The second-order valence-electron chi connectivity index (χ2n) is 5.74. The highest BCUT2D eigenvalue weighted by Gasteiger charge is 2.41. The molecular formula is C16H22N2O3. The number of carbonyl (C=O) groups excluding carboxylic acids is 1. The first-order valence-corrected chi connectivity index (χ1v) is 7.52. The number of pyridine rings is 1. The van der Waals surface area contributed by atoms with Crippen molar-refractivity contribution in [1.82, 2.24) is 10.3 Å². The molecule has 0 aliphatic heterocycles. The highest BCUT2D eigenvalue weighted by atomic mass is 16.4. The summed E-state index contributed by atoms with van der Waals surface area (Å²) in [6.45, 7) is 0.492. The molecule has 5 heteroatoms. The third kappa shape index (κ3) is 4.28. The third-order valence-corrected chi connectivity index (χ3v) is 4.19. The zero-order chi connectivity index (χ0) is 15.1. The number of carboxylic acid groups (broad SMARTS) is 1. The van der Waals surface area contributed by atoms with Gasteiger partial charge in [-0.15, -0.1) is 0 Å². The summed E-state index contributed by atoms with van der Waals surface area (Å²) in [5, 5.41) is 12.3. The maximum atomic E-state index is 12.0. The van der Waals surface area contributed by atoms with Crippen LogP contribution in [0.2, 0.25) is 0 Å². The first kappa shape index (κ1) is 15.5. The number of nitrogens with one attached hydrogen (secondary N) is 1. The molecule has 1 saturated carbocycles. The molecule has 0 unspecified atom stereocenters. The maximum absolute atomic E-state index is 12.0. The molecule has 5 nitrogen and oxygen atoms in total. The van der Waals surface area contributed by atoms with E-state index in [0.717, 1.165) is 25.0 Å². The summed E-state index contributed by atoms with van der Waals surface area (Å²) in [5.41, 5.74) is 0.0660. The number of hydrogen-bond donors (Lipinski definition) is 2. The molecule has 1 heterocycles. The van der Waals surface area contributed by atoms with E-state index in [4.69, 9.17) is 0 Å². The summed E-state index contributed by atoms with van der Waals surface area (Å²) in [6, 6.07) is 5.67. The maximum Gasteiger partial charge on any atom is 0.310 e. The molecule has 21 heavy (non-hydrogen) atoms. The Balaban J connectivity index is 1.81. The quantitative estimate of drug-likeness (QED) is 0.841. The standard InChI is InChI=1S/C16H22N2O3/c19-14(18-11-7-13-6-2-5-10-17-13)12-16(15(20)21)8-3-1-4-9-16/h2,5-6,10H,1,3-4,7-9,11-12H2,(H,18,19)(H,20,21). The van der Waals surface area contributed by atoms with Gasteiger partial charge in [-0.1, -0.05) is 25.3 Å². The number of carboxylic acids is 1. The highest BCUT2D eigenvalue weighted by Crippen LogP contribution is 2.39. The predicted octanol–water partition coefficient (Wildman–Crippen LogP) is 2.17. The van der Waals surface area contributed by atoms with E-state index in [1.54, 1.807) is 6.20 Å². The van der Waals surface area contributed by atoms with Crippen LogP contribution in [0.3, 0.4) is 0 Å². The van der Waals surface area contributed by atoms with Crippen LogP contribution in [-0.2, 0) is 16.0 Å². The van der Waals surface area contributed by atoms with E-state index >= 15 is 0 Å². The Morgan fingerprint density at radius 3 is 2.62 bits per heavy atom. The minimum Gasteiger partial charge on any atom is -0.481 e. The third-order valence-electron chi connectivity index (χ3n) is 4.19. The van der Waals surface area contributed by atoms with Crippen molar-refractivity contribution in [3.63, 3.8) is 0 Å². The van der Waals surface area contributed by atoms with Crippen LogP contribution in [0.5, 0.6) is 0 Å². The van der Waals surface area contributed by atoms with E-state index in [9.17, 15) is 14.7 Å². The average molecular weight is 290 g/mol. The molecule has 1 amide bonds. The number of amides is 1. The Hall–Kier alpha value is -1.91. The van der Waals surface area contributed by atoms with Gasteiger partial charge in [-0.05, 0) is 25.0 Å². The Kier molecular flexibility index (Phi) is 5.31. The Bertz CT molecular complexity index is 482. The zero-order valence-corrected chi connectivity index (χ0v) is 12.2. The van der Waals surface area contributed by atoms with Gasteiger partial charge in [0, 0.05) is 31.3 Å². The first-order chi connectivity index (χ1) is 10.1. The normalized spacial score (nSPS) is 17.1.